The Morgan fingerprint density at radius 1 is 1.22 bits per heavy atom. The summed E-state index contributed by atoms with van der Waals surface area (Å²) in [4.78, 5) is 34.5. The highest BCUT2D eigenvalue weighted by Crippen LogP contribution is 2.28. The Labute approximate surface area is 195 Å². The minimum absolute atomic E-state index is 0.0222. The summed E-state index contributed by atoms with van der Waals surface area (Å²) >= 11 is 3.16. The number of fused-ring (bicyclic) bond motifs is 2. The molecule has 1 aliphatic heterocycles. The van der Waals surface area contributed by atoms with Crippen LogP contribution in [-0.2, 0) is 24.2 Å². The summed E-state index contributed by atoms with van der Waals surface area (Å²) in [7, 11) is 0. The van der Waals surface area contributed by atoms with Crippen LogP contribution < -0.4 is 15.8 Å². The zero-order valence-corrected chi connectivity index (χ0v) is 19.8. The van der Waals surface area contributed by atoms with Gasteiger partial charge in [-0.25, -0.2) is 4.98 Å². The second-order valence-corrected chi connectivity index (χ2v) is 10.3. The molecule has 1 saturated heterocycles. The molecule has 1 aliphatic carbocycles. The quantitative estimate of drug-likeness (QED) is 0.578. The number of rotatable bonds is 5. The standard InChI is InChI=1S/C23H27N5O2S2/c1-31-17-10-8-15(9-11-17)13-24-20(29)16-5-4-12-27(14-16)23-26-28-21(30)18-6-2-3-7-19(18)25-22(28)32-23/h8-11,16H,2-7,12-14H2,1H3,(H,24,29)/t16-/m0/s1. The lowest BCUT2D eigenvalue weighted by Crippen LogP contribution is -2.43. The third kappa shape index (κ3) is 4.28. The minimum atomic E-state index is -0.0841. The van der Waals surface area contributed by atoms with Gasteiger partial charge in [-0.15, -0.1) is 16.9 Å². The molecule has 1 amide bonds. The molecule has 2 aromatic heterocycles. The topological polar surface area (TPSA) is 79.6 Å². The average Bonchev–Trinajstić information content (AvgIpc) is 3.27. The predicted octanol–water partition coefficient (Wildman–Crippen LogP) is 3.28. The lowest BCUT2D eigenvalue weighted by molar-refractivity contribution is -0.125. The molecule has 168 valence electrons. The van der Waals surface area contributed by atoms with E-state index in [-0.39, 0.29) is 17.4 Å². The lowest BCUT2D eigenvalue weighted by Gasteiger charge is -2.31. The van der Waals surface area contributed by atoms with E-state index in [2.05, 4.69) is 45.8 Å². The van der Waals surface area contributed by atoms with Gasteiger partial charge in [0, 0.05) is 30.1 Å². The SMILES string of the molecule is CSc1ccc(CNC(=O)[C@H]2CCCN(c3nn4c(=O)c5c(nc4s3)CCCC5)C2)cc1. The van der Waals surface area contributed by atoms with Crippen molar-refractivity contribution in [2.45, 2.75) is 50.0 Å². The molecular weight excluding hydrogens is 442 g/mol. The fourth-order valence-electron chi connectivity index (χ4n) is 4.53. The Balaban J connectivity index is 1.28. The summed E-state index contributed by atoms with van der Waals surface area (Å²) in [6.07, 6.45) is 7.64. The zero-order valence-electron chi connectivity index (χ0n) is 18.2. The normalized spacial score (nSPS) is 18.5. The molecule has 1 atom stereocenters. The molecule has 9 heteroatoms. The number of carbonyl (C=O) groups is 1. The number of piperidine rings is 1. The monoisotopic (exact) mass is 469 g/mol. The third-order valence-corrected chi connectivity index (χ3v) is 8.07. The number of hydrogen-bond acceptors (Lipinski definition) is 7. The van der Waals surface area contributed by atoms with Gasteiger partial charge in [0.05, 0.1) is 11.6 Å². The smallest absolute Gasteiger partial charge is 0.278 e. The van der Waals surface area contributed by atoms with Gasteiger partial charge >= 0.3 is 0 Å². The van der Waals surface area contributed by atoms with Crippen molar-refractivity contribution in [2.75, 3.05) is 24.2 Å². The fraction of sp³-hybridized carbons (Fsp3) is 0.478. The van der Waals surface area contributed by atoms with Crippen LogP contribution in [0.15, 0.2) is 34.0 Å². The van der Waals surface area contributed by atoms with E-state index in [1.165, 1.54) is 20.7 Å². The molecule has 1 fully saturated rings. The summed E-state index contributed by atoms with van der Waals surface area (Å²) in [6.45, 7) is 2.00. The molecule has 0 spiro atoms. The predicted molar refractivity (Wildman–Crippen MR) is 129 cm³/mol. The van der Waals surface area contributed by atoms with E-state index in [1.807, 2.05) is 0 Å². The van der Waals surface area contributed by atoms with E-state index in [1.54, 1.807) is 11.8 Å². The Bertz CT molecular complexity index is 1190. The first-order chi connectivity index (χ1) is 15.6. The minimum Gasteiger partial charge on any atom is -0.352 e. The molecular formula is C23H27N5O2S2. The third-order valence-electron chi connectivity index (χ3n) is 6.36. The van der Waals surface area contributed by atoms with Crippen LogP contribution in [0.2, 0.25) is 0 Å². The fourth-order valence-corrected chi connectivity index (χ4v) is 5.89. The summed E-state index contributed by atoms with van der Waals surface area (Å²) in [5.41, 5.74) is 2.85. The van der Waals surface area contributed by atoms with Crippen molar-refractivity contribution in [3.8, 4) is 0 Å². The van der Waals surface area contributed by atoms with E-state index < -0.39 is 0 Å². The highest BCUT2D eigenvalue weighted by Gasteiger charge is 2.28. The number of aromatic nitrogens is 3. The number of amides is 1. The highest BCUT2D eigenvalue weighted by atomic mass is 32.2. The summed E-state index contributed by atoms with van der Waals surface area (Å²) in [5.74, 6) is -0.00497. The molecule has 2 aliphatic rings. The lowest BCUT2D eigenvalue weighted by atomic mass is 9.97. The van der Waals surface area contributed by atoms with Gasteiger partial charge in [0.25, 0.3) is 5.56 Å². The maximum absolute atomic E-state index is 12.9. The second kappa shape index (κ2) is 9.23. The van der Waals surface area contributed by atoms with Crippen LogP contribution in [0.25, 0.3) is 4.96 Å². The summed E-state index contributed by atoms with van der Waals surface area (Å²) in [5, 5.41) is 8.47. The molecule has 0 unspecified atom stereocenters. The Morgan fingerprint density at radius 3 is 2.84 bits per heavy atom. The average molecular weight is 470 g/mol. The van der Waals surface area contributed by atoms with E-state index >= 15 is 0 Å². The van der Waals surface area contributed by atoms with Crippen molar-refractivity contribution in [3.05, 3.63) is 51.4 Å². The zero-order chi connectivity index (χ0) is 22.1. The van der Waals surface area contributed by atoms with E-state index in [0.29, 0.717) is 18.1 Å². The Morgan fingerprint density at radius 2 is 2.03 bits per heavy atom. The molecule has 5 rings (SSSR count). The molecule has 0 bridgehead atoms. The van der Waals surface area contributed by atoms with E-state index in [9.17, 15) is 9.59 Å². The maximum Gasteiger partial charge on any atom is 0.278 e. The van der Waals surface area contributed by atoms with Crippen LogP contribution in [0.3, 0.4) is 0 Å². The second-order valence-electron chi connectivity index (χ2n) is 8.48. The molecule has 3 heterocycles. The number of hydrogen-bond donors (Lipinski definition) is 1. The Kier molecular flexibility index (Phi) is 6.19. The number of aryl methyl sites for hydroxylation is 1. The molecule has 32 heavy (non-hydrogen) atoms. The molecule has 0 radical (unpaired) electrons. The first-order valence-corrected chi connectivity index (χ1v) is 13.2. The van der Waals surface area contributed by atoms with E-state index in [0.717, 1.165) is 67.0 Å². The van der Waals surface area contributed by atoms with Gasteiger partial charge in [-0.1, -0.05) is 23.5 Å². The molecule has 3 aromatic rings. The number of benzene rings is 1. The van der Waals surface area contributed by atoms with Crippen molar-refractivity contribution in [1.82, 2.24) is 19.9 Å². The van der Waals surface area contributed by atoms with Gasteiger partial charge in [0.15, 0.2) is 0 Å². The number of nitrogens with one attached hydrogen (secondary N) is 1. The van der Waals surface area contributed by atoms with Crippen molar-refractivity contribution < 1.29 is 4.79 Å². The summed E-state index contributed by atoms with van der Waals surface area (Å²) in [6, 6.07) is 8.28. The van der Waals surface area contributed by atoms with Crippen molar-refractivity contribution in [2.24, 2.45) is 5.92 Å². The molecule has 7 nitrogen and oxygen atoms in total. The number of nitrogens with zero attached hydrogens (tertiary/aromatic N) is 4. The number of thioether (sulfide) groups is 1. The van der Waals surface area contributed by atoms with E-state index in [4.69, 9.17) is 4.98 Å². The van der Waals surface area contributed by atoms with Crippen LogP contribution >= 0.6 is 23.1 Å². The Hall–Kier alpha value is -2.39. The van der Waals surface area contributed by atoms with Crippen molar-refractivity contribution in [3.63, 3.8) is 0 Å². The van der Waals surface area contributed by atoms with Crippen LogP contribution in [0, 0.1) is 5.92 Å². The van der Waals surface area contributed by atoms with Gasteiger partial charge in [-0.2, -0.15) is 4.52 Å². The first-order valence-electron chi connectivity index (χ1n) is 11.2. The molecule has 1 aromatic carbocycles. The van der Waals surface area contributed by atoms with Gasteiger partial charge in [0.2, 0.25) is 16.0 Å². The van der Waals surface area contributed by atoms with Crippen LogP contribution in [0.1, 0.15) is 42.5 Å². The molecule has 1 N–H and O–H groups in total. The molecule has 0 saturated carbocycles. The van der Waals surface area contributed by atoms with Gasteiger partial charge in [0.1, 0.15) is 0 Å². The van der Waals surface area contributed by atoms with Gasteiger partial charge < -0.3 is 10.2 Å². The largest absolute Gasteiger partial charge is 0.352 e. The van der Waals surface area contributed by atoms with Gasteiger partial charge in [-0.05, 0) is 62.5 Å². The van der Waals surface area contributed by atoms with Crippen LogP contribution in [0.4, 0.5) is 5.13 Å². The van der Waals surface area contributed by atoms with Crippen molar-refractivity contribution in [1.29, 1.82) is 0 Å². The highest BCUT2D eigenvalue weighted by molar-refractivity contribution is 7.98. The number of anilines is 1. The van der Waals surface area contributed by atoms with Gasteiger partial charge in [-0.3, -0.25) is 9.59 Å². The maximum atomic E-state index is 12.9. The van der Waals surface area contributed by atoms with Crippen molar-refractivity contribution >= 4 is 39.1 Å². The van der Waals surface area contributed by atoms with Crippen LogP contribution in [-0.4, -0.2) is 39.9 Å². The number of carbonyl (C=O) groups excluding carboxylic acids is 1. The first kappa shape index (κ1) is 21.5. The van der Waals surface area contributed by atoms with Crippen LogP contribution in [0.5, 0.6) is 0 Å². The summed E-state index contributed by atoms with van der Waals surface area (Å²) < 4.78 is 1.46.